The van der Waals surface area contributed by atoms with Gasteiger partial charge in [-0.25, -0.2) is 0 Å². The number of aliphatic carboxylic acids is 1. The first kappa shape index (κ1) is 14.0. The molecule has 1 aliphatic rings. The van der Waals surface area contributed by atoms with Crippen molar-refractivity contribution in [2.75, 3.05) is 5.32 Å². The Morgan fingerprint density at radius 1 is 1.25 bits per heavy atom. The maximum atomic E-state index is 12.1. The molecule has 1 aliphatic carbocycles. The average Bonchev–Trinajstić information content (AvgIpc) is 2.93. The molecule has 0 heterocycles. The zero-order valence-electron chi connectivity index (χ0n) is 11.2. The van der Waals surface area contributed by atoms with Gasteiger partial charge in [0.05, 0.1) is 11.8 Å². The first-order valence-electron chi connectivity index (χ1n) is 6.18. The highest BCUT2D eigenvalue weighted by molar-refractivity contribution is 6.01. The number of nitrogens with two attached hydrogens (primary N) is 1. The van der Waals surface area contributed by atoms with Crippen molar-refractivity contribution in [1.29, 1.82) is 0 Å². The average molecular weight is 276 g/mol. The molecule has 2 atom stereocenters. The van der Waals surface area contributed by atoms with Crippen LogP contribution in [0.1, 0.15) is 24.2 Å². The molecular formula is C14H16N2O4. The Labute approximate surface area is 116 Å². The fourth-order valence-electron chi connectivity index (χ4n) is 2.56. The van der Waals surface area contributed by atoms with E-state index in [0.29, 0.717) is 5.69 Å². The van der Waals surface area contributed by atoms with Gasteiger partial charge in [0.15, 0.2) is 0 Å². The molecular weight excluding hydrogens is 260 g/mol. The molecule has 0 radical (unpaired) electrons. The molecule has 2 amide bonds. The van der Waals surface area contributed by atoms with Gasteiger partial charge in [-0.1, -0.05) is 19.9 Å². The SMILES string of the molecule is CC1(C)C(C(=O)O)C1C(=O)Nc1cccc(C(N)=O)c1. The van der Waals surface area contributed by atoms with E-state index in [9.17, 15) is 14.4 Å². The number of benzene rings is 1. The summed E-state index contributed by atoms with van der Waals surface area (Å²) in [5.41, 5.74) is 5.32. The minimum atomic E-state index is -0.971. The monoisotopic (exact) mass is 276 g/mol. The van der Waals surface area contributed by atoms with Crippen molar-refractivity contribution in [2.24, 2.45) is 23.0 Å². The van der Waals surface area contributed by atoms with Gasteiger partial charge in [-0.05, 0) is 23.6 Å². The maximum Gasteiger partial charge on any atom is 0.307 e. The largest absolute Gasteiger partial charge is 0.481 e. The van der Waals surface area contributed by atoms with Gasteiger partial charge >= 0.3 is 5.97 Å². The number of primary amides is 1. The number of hydrogen-bond acceptors (Lipinski definition) is 3. The summed E-state index contributed by atoms with van der Waals surface area (Å²) < 4.78 is 0. The highest BCUT2D eigenvalue weighted by atomic mass is 16.4. The second-order valence-electron chi connectivity index (χ2n) is 5.55. The summed E-state index contributed by atoms with van der Waals surface area (Å²) in [5, 5.41) is 11.7. The summed E-state index contributed by atoms with van der Waals surface area (Å²) in [6.07, 6.45) is 0. The van der Waals surface area contributed by atoms with Gasteiger partial charge in [0.2, 0.25) is 11.8 Å². The fourth-order valence-corrected chi connectivity index (χ4v) is 2.56. The van der Waals surface area contributed by atoms with E-state index in [0.717, 1.165) is 0 Å². The standard InChI is InChI=1S/C14H16N2O4/c1-14(2)9(10(14)13(19)20)12(18)16-8-5-3-4-7(6-8)11(15)17/h3-6,9-10H,1-2H3,(H2,15,17)(H,16,18)(H,19,20). The zero-order valence-corrected chi connectivity index (χ0v) is 11.2. The Kier molecular flexibility index (Phi) is 3.25. The Balaban J connectivity index is 2.12. The maximum absolute atomic E-state index is 12.1. The molecule has 2 rings (SSSR count). The lowest BCUT2D eigenvalue weighted by atomic mass is 10.1. The normalized spacial score (nSPS) is 22.9. The number of carbonyl (C=O) groups excluding carboxylic acids is 2. The quantitative estimate of drug-likeness (QED) is 0.764. The first-order chi connectivity index (χ1) is 9.25. The molecule has 4 N–H and O–H groups in total. The van der Waals surface area contributed by atoms with Gasteiger partial charge in [0, 0.05) is 11.3 Å². The molecule has 20 heavy (non-hydrogen) atoms. The molecule has 6 heteroatoms. The number of carbonyl (C=O) groups is 3. The molecule has 1 fully saturated rings. The summed E-state index contributed by atoms with van der Waals surface area (Å²) in [7, 11) is 0. The lowest BCUT2D eigenvalue weighted by Gasteiger charge is -2.07. The molecule has 0 bridgehead atoms. The van der Waals surface area contributed by atoms with Crippen molar-refractivity contribution in [3.8, 4) is 0 Å². The van der Waals surface area contributed by atoms with Crippen LogP contribution in [0, 0.1) is 17.3 Å². The van der Waals surface area contributed by atoms with Gasteiger partial charge < -0.3 is 16.2 Å². The molecule has 2 unspecified atom stereocenters. The summed E-state index contributed by atoms with van der Waals surface area (Å²) in [5.74, 6) is -3.17. The second kappa shape index (κ2) is 4.63. The Bertz CT molecular complexity index is 595. The lowest BCUT2D eigenvalue weighted by molar-refractivity contribution is -0.140. The molecule has 0 saturated heterocycles. The van der Waals surface area contributed by atoms with E-state index in [1.165, 1.54) is 6.07 Å². The third kappa shape index (κ3) is 2.36. The van der Waals surface area contributed by atoms with Crippen molar-refractivity contribution in [1.82, 2.24) is 0 Å². The number of nitrogens with one attached hydrogen (secondary N) is 1. The minimum Gasteiger partial charge on any atom is -0.481 e. The predicted molar refractivity (Wildman–Crippen MR) is 72.0 cm³/mol. The molecule has 1 aromatic rings. The Morgan fingerprint density at radius 3 is 2.40 bits per heavy atom. The van der Waals surface area contributed by atoms with Gasteiger partial charge in [-0.15, -0.1) is 0 Å². The van der Waals surface area contributed by atoms with Crippen molar-refractivity contribution in [3.05, 3.63) is 29.8 Å². The van der Waals surface area contributed by atoms with E-state index >= 15 is 0 Å². The van der Waals surface area contributed by atoms with Crippen molar-refractivity contribution < 1.29 is 19.5 Å². The van der Waals surface area contributed by atoms with Crippen LogP contribution < -0.4 is 11.1 Å². The van der Waals surface area contributed by atoms with E-state index in [-0.39, 0.29) is 11.5 Å². The molecule has 1 saturated carbocycles. The van der Waals surface area contributed by atoms with Crippen molar-refractivity contribution >= 4 is 23.5 Å². The third-order valence-corrected chi connectivity index (χ3v) is 3.79. The number of amides is 2. The van der Waals surface area contributed by atoms with Crippen LogP contribution >= 0.6 is 0 Å². The van der Waals surface area contributed by atoms with Crippen LogP contribution in [0.15, 0.2) is 24.3 Å². The lowest BCUT2D eigenvalue weighted by Crippen LogP contribution is -2.18. The number of anilines is 1. The summed E-state index contributed by atoms with van der Waals surface area (Å²) in [6.45, 7) is 3.49. The van der Waals surface area contributed by atoms with Crippen LogP contribution in [0.4, 0.5) is 5.69 Å². The minimum absolute atomic E-state index is 0.285. The second-order valence-corrected chi connectivity index (χ2v) is 5.55. The van der Waals surface area contributed by atoms with Crippen molar-refractivity contribution in [2.45, 2.75) is 13.8 Å². The van der Waals surface area contributed by atoms with E-state index in [1.807, 2.05) is 0 Å². The Morgan fingerprint density at radius 2 is 1.90 bits per heavy atom. The van der Waals surface area contributed by atoms with Gasteiger partial charge in [0.1, 0.15) is 0 Å². The molecule has 0 spiro atoms. The number of rotatable bonds is 4. The number of hydrogen-bond donors (Lipinski definition) is 3. The van der Waals surface area contributed by atoms with Crippen molar-refractivity contribution in [3.63, 3.8) is 0 Å². The Hall–Kier alpha value is -2.37. The molecule has 0 aliphatic heterocycles. The fraction of sp³-hybridized carbons (Fsp3) is 0.357. The van der Waals surface area contributed by atoms with Crippen LogP contribution in [0.2, 0.25) is 0 Å². The summed E-state index contributed by atoms with van der Waals surface area (Å²) >= 11 is 0. The third-order valence-electron chi connectivity index (χ3n) is 3.79. The smallest absolute Gasteiger partial charge is 0.307 e. The summed E-state index contributed by atoms with van der Waals surface area (Å²) in [6, 6.07) is 6.22. The van der Waals surface area contributed by atoms with Crippen LogP contribution in [-0.4, -0.2) is 22.9 Å². The molecule has 1 aromatic carbocycles. The van der Waals surface area contributed by atoms with Crippen LogP contribution in [-0.2, 0) is 9.59 Å². The highest BCUT2D eigenvalue weighted by Crippen LogP contribution is 2.58. The van der Waals surface area contributed by atoms with E-state index in [2.05, 4.69) is 5.32 Å². The topological polar surface area (TPSA) is 109 Å². The highest BCUT2D eigenvalue weighted by Gasteiger charge is 2.65. The molecule has 6 nitrogen and oxygen atoms in total. The van der Waals surface area contributed by atoms with E-state index in [4.69, 9.17) is 10.8 Å². The molecule has 106 valence electrons. The number of carboxylic acid groups (broad SMARTS) is 1. The molecule has 0 aromatic heterocycles. The number of carboxylic acids is 1. The van der Waals surface area contributed by atoms with Gasteiger partial charge in [-0.3, -0.25) is 14.4 Å². The van der Waals surface area contributed by atoms with Gasteiger partial charge in [-0.2, -0.15) is 0 Å². The van der Waals surface area contributed by atoms with Crippen LogP contribution in [0.5, 0.6) is 0 Å². The van der Waals surface area contributed by atoms with E-state index < -0.39 is 29.1 Å². The first-order valence-corrected chi connectivity index (χ1v) is 6.18. The summed E-state index contributed by atoms with van der Waals surface area (Å²) in [4.78, 5) is 34.2. The van der Waals surface area contributed by atoms with Crippen LogP contribution in [0.25, 0.3) is 0 Å². The van der Waals surface area contributed by atoms with E-state index in [1.54, 1.807) is 32.0 Å². The predicted octanol–water partition coefficient (Wildman–Crippen LogP) is 1.08. The van der Waals surface area contributed by atoms with Crippen LogP contribution in [0.3, 0.4) is 0 Å². The van der Waals surface area contributed by atoms with Gasteiger partial charge in [0.25, 0.3) is 0 Å². The zero-order chi connectivity index (χ0) is 15.1.